The number of ether oxygens (including phenoxy) is 2. The Morgan fingerprint density at radius 2 is 2.29 bits per heavy atom. The van der Waals surface area contributed by atoms with Gasteiger partial charge in [-0.25, -0.2) is 0 Å². The molecule has 1 unspecified atom stereocenters. The monoisotopic (exact) mass is 193 g/mol. The molecule has 0 aliphatic carbocycles. The summed E-state index contributed by atoms with van der Waals surface area (Å²) in [5.41, 5.74) is 7.13. The highest BCUT2D eigenvalue weighted by Gasteiger charge is 2.24. The van der Waals surface area contributed by atoms with E-state index < -0.39 is 0 Å². The summed E-state index contributed by atoms with van der Waals surface area (Å²) in [6.07, 6.45) is 0.912. The van der Waals surface area contributed by atoms with Gasteiger partial charge in [0, 0.05) is 25.1 Å². The van der Waals surface area contributed by atoms with E-state index in [1.54, 1.807) is 7.11 Å². The van der Waals surface area contributed by atoms with Gasteiger partial charge in [0.2, 0.25) is 0 Å². The Bertz CT molecular complexity index is 314. The van der Waals surface area contributed by atoms with Gasteiger partial charge < -0.3 is 15.2 Å². The first-order valence-electron chi connectivity index (χ1n) is 4.81. The van der Waals surface area contributed by atoms with E-state index in [0.29, 0.717) is 6.61 Å². The summed E-state index contributed by atoms with van der Waals surface area (Å²) in [5, 5.41) is 0. The van der Waals surface area contributed by atoms with Gasteiger partial charge in [0.1, 0.15) is 11.9 Å². The Balaban J connectivity index is 2.20. The number of para-hydroxylation sites is 1. The molecule has 3 heteroatoms. The fourth-order valence-electron chi connectivity index (χ4n) is 1.82. The second-order valence-corrected chi connectivity index (χ2v) is 3.58. The number of methoxy groups -OCH3 is 1. The molecule has 0 bridgehead atoms. The molecule has 14 heavy (non-hydrogen) atoms. The minimum absolute atomic E-state index is 0.0695. The molecule has 1 heterocycles. The second-order valence-electron chi connectivity index (χ2n) is 3.58. The highest BCUT2D eigenvalue weighted by atomic mass is 16.5. The molecule has 0 amide bonds. The maximum Gasteiger partial charge on any atom is 0.124 e. The summed E-state index contributed by atoms with van der Waals surface area (Å²) < 4.78 is 10.8. The quantitative estimate of drug-likeness (QED) is 0.773. The van der Waals surface area contributed by atoms with E-state index in [-0.39, 0.29) is 12.1 Å². The third-order valence-electron chi connectivity index (χ3n) is 2.48. The average Bonchev–Trinajstić information content (AvgIpc) is 2.18. The van der Waals surface area contributed by atoms with Crippen molar-refractivity contribution in [3.63, 3.8) is 0 Å². The lowest BCUT2D eigenvalue weighted by Gasteiger charge is -2.29. The van der Waals surface area contributed by atoms with Gasteiger partial charge in [-0.05, 0) is 6.07 Å². The summed E-state index contributed by atoms with van der Waals surface area (Å²) in [4.78, 5) is 0. The normalized spacial score (nSPS) is 25.3. The van der Waals surface area contributed by atoms with Crippen LogP contribution in [0.1, 0.15) is 18.0 Å². The molecule has 1 aliphatic rings. The van der Waals surface area contributed by atoms with Gasteiger partial charge in [0.25, 0.3) is 0 Å². The molecule has 0 radical (unpaired) electrons. The third-order valence-corrected chi connectivity index (χ3v) is 2.48. The van der Waals surface area contributed by atoms with Crippen LogP contribution in [0.3, 0.4) is 0 Å². The van der Waals surface area contributed by atoms with Crippen molar-refractivity contribution < 1.29 is 9.47 Å². The lowest BCUT2D eigenvalue weighted by Crippen LogP contribution is -2.32. The van der Waals surface area contributed by atoms with Crippen LogP contribution < -0.4 is 10.5 Å². The smallest absolute Gasteiger partial charge is 0.124 e. The fraction of sp³-hybridized carbons (Fsp3) is 0.455. The van der Waals surface area contributed by atoms with Crippen LogP contribution in [-0.4, -0.2) is 19.8 Å². The maximum atomic E-state index is 6.03. The molecular weight excluding hydrogens is 178 g/mol. The topological polar surface area (TPSA) is 44.5 Å². The number of hydrogen-bond donors (Lipinski definition) is 1. The van der Waals surface area contributed by atoms with Crippen molar-refractivity contribution in [2.24, 2.45) is 5.73 Å². The van der Waals surface area contributed by atoms with Crippen molar-refractivity contribution in [2.75, 3.05) is 13.7 Å². The predicted octanol–water partition coefficient (Wildman–Crippen LogP) is 1.48. The molecule has 0 aromatic heterocycles. The minimum atomic E-state index is 0.0695. The molecule has 0 spiro atoms. The van der Waals surface area contributed by atoms with Crippen molar-refractivity contribution in [2.45, 2.75) is 18.6 Å². The van der Waals surface area contributed by atoms with Gasteiger partial charge >= 0.3 is 0 Å². The molecule has 2 atom stereocenters. The van der Waals surface area contributed by atoms with Gasteiger partial charge in [-0.2, -0.15) is 0 Å². The van der Waals surface area contributed by atoms with E-state index in [1.165, 1.54) is 0 Å². The largest absolute Gasteiger partial charge is 0.488 e. The van der Waals surface area contributed by atoms with Crippen LogP contribution >= 0.6 is 0 Å². The van der Waals surface area contributed by atoms with Crippen LogP contribution in [0.2, 0.25) is 0 Å². The van der Waals surface area contributed by atoms with Crippen LogP contribution in [0.15, 0.2) is 24.3 Å². The summed E-state index contributed by atoms with van der Waals surface area (Å²) in [5.74, 6) is 0.897. The zero-order chi connectivity index (χ0) is 9.97. The highest BCUT2D eigenvalue weighted by Crippen LogP contribution is 2.32. The lowest BCUT2D eigenvalue weighted by atomic mass is 9.98. The van der Waals surface area contributed by atoms with Crippen LogP contribution in [0.25, 0.3) is 0 Å². The van der Waals surface area contributed by atoms with Crippen LogP contribution in [-0.2, 0) is 4.74 Å². The van der Waals surface area contributed by atoms with E-state index >= 15 is 0 Å². The van der Waals surface area contributed by atoms with Crippen molar-refractivity contribution in [3.8, 4) is 5.75 Å². The first kappa shape index (κ1) is 9.49. The zero-order valence-corrected chi connectivity index (χ0v) is 8.27. The van der Waals surface area contributed by atoms with Gasteiger partial charge in [-0.3, -0.25) is 0 Å². The van der Waals surface area contributed by atoms with Gasteiger partial charge in [-0.15, -0.1) is 0 Å². The SMILES string of the molecule is COCC1C[C@H](N)c2ccccc2O1. The summed E-state index contributed by atoms with van der Waals surface area (Å²) in [6.45, 7) is 0.599. The zero-order valence-electron chi connectivity index (χ0n) is 8.27. The number of fused-ring (bicyclic) bond motifs is 1. The van der Waals surface area contributed by atoms with Crippen molar-refractivity contribution >= 4 is 0 Å². The van der Waals surface area contributed by atoms with Crippen molar-refractivity contribution in [3.05, 3.63) is 29.8 Å². The predicted molar refractivity (Wildman–Crippen MR) is 54.3 cm³/mol. The molecule has 1 aromatic carbocycles. The summed E-state index contributed by atoms with van der Waals surface area (Å²) >= 11 is 0. The first-order valence-corrected chi connectivity index (χ1v) is 4.81. The molecule has 1 aliphatic heterocycles. The molecule has 2 rings (SSSR count). The molecule has 0 fully saturated rings. The van der Waals surface area contributed by atoms with Gasteiger partial charge in [-0.1, -0.05) is 18.2 Å². The number of benzene rings is 1. The molecule has 76 valence electrons. The van der Waals surface area contributed by atoms with E-state index in [0.717, 1.165) is 17.7 Å². The van der Waals surface area contributed by atoms with E-state index in [9.17, 15) is 0 Å². The standard InChI is InChI=1S/C11H15NO2/c1-13-7-8-6-10(12)9-4-2-3-5-11(9)14-8/h2-5,8,10H,6-7,12H2,1H3/t8?,10-/m0/s1. The van der Waals surface area contributed by atoms with Crippen LogP contribution in [0.5, 0.6) is 5.75 Å². The third kappa shape index (κ3) is 1.74. The Kier molecular flexibility index (Phi) is 2.70. The van der Waals surface area contributed by atoms with E-state index in [4.69, 9.17) is 15.2 Å². The Hall–Kier alpha value is -1.06. The highest BCUT2D eigenvalue weighted by molar-refractivity contribution is 5.37. The molecule has 1 aromatic rings. The first-order chi connectivity index (χ1) is 6.81. The Morgan fingerprint density at radius 1 is 1.50 bits per heavy atom. The van der Waals surface area contributed by atoms with Crippen LogP contribution in [0.4, 0.5) is 0 Å². The summed E-state index contributed by atoms with van der Waals surface area (Å²) in [7, 11) is 1.68. The molecule has 0 saturated heterocycles. The number of nitrogens with two attached hydrogens (primary N) is 1. The number of hydrogen-bond acceptors (Lipinski definition) is 3. The van der Waals surface area contributed by atoms with E-state index in [2.05, 4.69) is 0 Å². The number of rotatable bonds is 2. The Labute approximate surface area is 83.8 Å². The average molecular weight is 193 g/mol. The molecule has 3 nitrogen and oxygen atoms in total. The van der Waals surface area contributed by atoms with Gasteiger partial charge in [0.15, 0.2) is 0 Å². The van der Waals surface area contributed by atoms with Crippen molar-refractivity contribution in [1.82, 2.24) is 0 Å². The molecule has 0 saturated carbocycles. The van der Waals surface area contributed by atoms with E-state index in [1.807, 2.05) is 24.3 Å². The minimum Gasteiger partial charge on any atom is -0.488 e. The lowest BCUT2D eigenvalue weighted by molar-refractivity contribution is 0.0609. The Morgan fingerprint density at radius 3 is 3.07 bits per heavy atom. The fourth-order valence-corrected chi connectivity index (χ4v) is 1.82. The summed E-state index contributed by atoms with van der Waals surface area (Å²) in [6, 6.07) is 7.99. The van der Waals surface area contributed by atoms with Crippen LogP contribution in [0, 0.1) is 0 Å². The molecular formula is C11H15NO2. The molecule has 2 N–H and O–H groups in total. The maximum absolute atomic E-state index is 6.03. The second kappa shape index (κ2) is 3.98. The van der Waals surface area contributed by atoms with Gasteiger partial charge in [0.05, 0.1) is 6.61 Å². The van der Waals surface area contributed by atoms with Crippen molar-refractivity contribution in [1.29, 1.82) is 0 Å².